The molecular formula is C26H37N3O8. The highest BCUT2D eigenvalue weighted by Gasteiger charge is 2.40. The number of carbonyl (C=O) groups excluding carboxylic acids is 1. The van der Waals surface area contributed by atoms with Gasteiger partial charge in [0, 0.05) is 36.7 Å². The number of aliphatic hydroxyl groups is 1. The molecule has 0 saturated carbocycles. The zero-order valence-electron chi connectivity index (χ0n) is 21.6. The summed E-state index contributed by atoms with van der Waals surface area (Å²) in [5.74, 6) is -4.81. The van der Waals surface area contributed by atoms with E-state index in [4.69, 9.17) is 20.4 Å². The summed E-state index contributed by atoms with van der Waals surface area (Å²) in [4.78, 5) is 50.9. The first-order valence-corrected chi connectivity index (χ1v) is 12.3. The fourth-order valence-corrected chi connectivity index (χ4v) is 4.32. The summed E-state index contributed by atoms with van der Waals surface area (Å²) in [6, 6.07) is 6.38. The predicted molar refractivity (Wildman–Crippen MR) is 136 cm³/mol. The molecule has 2 heterocycles. The van der Waals surface area contributed by atoms with Gasteiger partial charge in [0.1, 0.15) is 0 Å². The molecule has 0 aliphatic carbocycles. The fraction of sp³-hybridized carbons (Fsp3) is 0.538. The van der Waals surface area contributed by atoms with Crippen molar-refractivity contribution >= 4 is 34.7 Å². The maximum atomic E-state index is 12.7. The van der Waals surface area contributed by atoms with Crippen molar-refractivity contribution in [2.75, 3.05) is 33.2 Å². The topological polar surface area (TPSA) is 171 Å². The van der Waals surface area contributed by atoms with Crippen molar-refractivity contribution in [2.24, 2.45) is 0 Å². The Morgan fingerprint density at radius 2 is 1.59 bits per heavy atom. The van der Waals surface area contributed by atoms with Crippen molar-refractivity contribution in [3.8, 4) is 0 Å². The lowest BCUT2D eigenvalue weighted by Gasteiger charge is -2.28. The van der Waals surface area contributed by atoms with Crippen molar-refractivity contribution in [3.63, 3.8) is 0 Å². The fourth-order valence-electron chi connectivity index (χ4n) is 4.32. The highest BCUT2D eigenvalue weighted by atomic mass is 16.4. The summed E-state index contributed by atoms with van der Waals surface area (Å²) in [7, 11) is 1.93. The average molecular weight is 520 g/mol. The molecule has 11 heteroatoms. The van der Waals surface area contributed by atoms with E-state index in [2.05, 4.69) is 41.9 Å². The van der Waals surface area contributed by atoms with Crippen LogP contribution in [0.1, 0.15) is 48.9 Å². The first-order chi connectivity index (χ1) is 17.3. The molecule has 1 aliphatic rings. The Hall–Kier alpha value is -3.44. The highest BCUT2D eigenvalue weighted by molar-refractivity contribution is 5.90. The maximum Gasteiger partial charge on any atom is 0.336 e. The predicted octanol–water partition coefficient (Wildman–Crippen LogP) is 2.02. The van der Waals surface area contributed by atoms with Gasteiger partial charge >= 0.3 is 17.9 Å². The number of likely N-dealkylation sites (tertiary alicyclic amines) is 1. The standard InChI is InChI=1S/C20H29N3O.C6H8O7/c1-15-7-8-19-18(13-15)17(16(2)21-19)14-20(24)22(3)11-12-23-9-5-4-6-10-23;7-3(8)1-6(13,5(11)12)2-4(9)10/h7-8,13,21H,4-6,9-12,14H2,1-3H3;13H,1-2H2,(H,7,8)(H,9,10)(H,11,12). The highest BCUT2D eigenvalue weighted by Crippen LogP contribution is 2.24. The minimum absolute atomic E-state index is 0.206. The van der Waals surface area contributed by atoms with Crippen molar-refractivity contribution in [1.29, 1.82) is 0 Å². The zero-order chi connectivity index (χ0) is 27.8. The molecule has 0 radical (unpaired) electrons. The Kier molecular flexibility index (Phi) is 10.6. The molecule has 1 aliphatic heterocycles. The Bertz CT molecular complexity index is 1100. The number of aromatic amines is 1. The van der Waals surface area contributed by atoms with Gasteiger partial charge in [-0.3, -0.25) is 14.4 Å². The molecule has 0 atom stereocenters. The number of carbonyl (C=O) groups is 4. The number of hydrogen-bond donors (Lipinski definition) is 5. The first kappa shape index (κ1) is 29.8. The number of carboxylic acids is 3. The molecule has 0 spiro atoms. The number of H-pyrrole nitrogens is 1. The van der Waals surface area contributed by atoms with Crippen molar-refractivity contribution in [1.82, 2.24) is 14.8 Å². The Morgan fingerprint density at radius 3 is 2.14 bits per heavy atom. The number of hydrogen-bond acceptors (Lipinski definition) is 6. The summed E-state index contributed by atoms with van der Waals surface area (Å²) in [6.07, 6.45) is 2.14. The first-order valence-electron chi connectivity index (χ1n) is 12.3. The summed E-state index contributed by atoms with van der Waals surface area (Å²) >= 11 is 0. The molecule has 1 aromatic carbocycles. The summed E-state index contributed by atoms with van der Waals surface area (Å²) in [6.45, 7) is 8.34. The number of nitrogens with one attached hydrogen (secondary N) is 1. The van der Waals surface area contributed by atoms with Crippen molar-refractivity contribution in [3.05, 3.63) is 35.0 Å². The molecule has 2 aromatic rings. The van der Waals surface area contributed by atoms with Crippen LogP contribution in [-0.4, -0.2) is 97.9 Å². The van der Waals surface area contributed by atoms with Crippen LogP contribution in [0.4, 0.5) is 0 Å². The smallest absolute Gasteiger partial charge is 0.336 e. The van der Waals surface area contributed by atoms with Gasteiger partial charge in [-0.15, -0.1) is 0 Å². The lowest BCUT2D eigenvalue weighted by atomic mass is 9.96. The summed E-state index contributed by atoms with van der Waals surface area (Å²) < 4.78 is 0. The SMILES string of the molecule is Cc1ccc2[nH]c(C)c(CC(=O)N(C)CCN3CCCCC3)c2c1.O=C(O)CC(O)(CC(=O)O)C(=O)O. The molecule has 204 valence electrons. The van der Waals surface area contributed by atoms with Crippen LogP contribution in [0.5, 0.6) is 0 Å². The number of rotatable bonds is 10. The number of benzene rings is 1. The normalized spacial score (nSPS) is 14.1. The van der Waals surface area contributed by atoms with Crippen LogP contribution in [0.15, 0.2) is 18.2 Å². The van der Waals surface area contributed by atoms with E-state index in [1.54, 1.807) is 0 Å². The number of aromatic nitrogens is 1. The second-order valence-electron chi connectivity index (χ2n) is 9.65. The van der Waals surface area contributed by atoms with Crippen LogP contribution in [0.2, 0.25) is 0 Å². The van der Waals surface area contributed by atoms with Crippen LogP contribution in [0.3, 0.4) is 0 Å². The molecule has 5 N–H and O–H groups in total. The van der Waals surface area contributed by atoms with Crippen molar-refractivity contribution < 1.29 is 39.6 Å². The third kappa shape index (κ3) is 8.87. The van der Waals surface area contributed by atoms with E-state index < -0.39 is 36.4 Å². The number of aryl methyl sites for hydroxylation is 2. The maximum absolute atomic E-state index is 12.7. The van der Waals surface area contributed by atoms with Crippen LogP contribution in [-0.2, 0) is 25.6 Å². The number of amides is 1. The van der Waals surface area contributed by atoms with Crippen molar-refractivity contribution in [2.45, 2.75) is 58.0 Å². The monoisotopic (exact) mass is 519 g/mol. The van der Waals surface area contributed by atoms with E-state index in [-0.39, 0.29) is 5.91 Å². The zero-order valence-corrected chi connectivity index (χ0v) is 21.6. The third-order valence-electron chi connectivity index (χ3n) is 6.51. The third-order valence-corrected chi connectivity index (χ3v) is 6.51. The van der Waals surface area contributed by atoms with Gasteiger partial charge in [-0.05, 0) is 57.5 Å². The minimum Gasteiger partial charge on any atom is -0.481 e. The average Bonchev–Trinajstić information content (AvgIpc) is 3.11. The van der Waals surface area contributed by atoms with Gasteiger partial charge in [0.05, 0.1) is 19.3 Å². The van der Waals surface area contributed by atoms with Gasteiger partial charge in [0.15, 0.2) is 5.60 Å². The van der Waals surface area contributed by atoms with E-state index >= 15 is 0 Å². The molecular weight excluding hydrogens is 482 g/mol. The lowest BCUT2D eigenvalue weighted by molar-refractivity contribution is -0.170. The molecule has 0 bridgehead atoms. The molecule has 1 amide bonds. The number of likely N-dealkylation sites (N-methyl/N-ethyl adjacent to an activating group) is 1. The Morgan fingerprint density at radius 1 is 1.00 bits per heavy atom. The van der Waals surface area contributed by atoms with Gasteiger partial charge in [-0.2, -0.15) is 0 Å². The molecule has 0 unspecified atom stereocenters. The van der Waals surface area contributed by atoms with E-state index in [0.717, 1.165) is 29.9 Å². The van der Waals surface area contributed by atoms with E-state index in [0.29, 0.717) is 6.42 Å². The van der Waals surface area contributed by atoms with Gasteiger partial charge in [-0.1, -0.05) is 18.1 Å². The summed E-state index contributed by atoms with van der Waals surface area (Å²) in [5.41, 5.74) is 1.86. The Labute approximate surface area is 215 Å². The molecule has 11 nitrogen and oxygen atoms in total. The van der Waals surface area contributed by atoms with Crippen LogP contribution in [0.25, 0.3) is 10.9 Å². The molecule has 37 heavy (non-hydrogen) atoms. The minimum atomic E-state index is -2.74. The summed E-state index contributed by atoms with van der Waals surface area (Å²) in [5, 5.41) is 35.0. The van der Waals surface area contributed by atoms with E-state index in [1.807, 2.05) is 11.9 Å². The number of piperidine rings is 1. The Balaban J connectivity index is 0.000000317. The van der Waals surface area contributed by atoms with E-state index in [1.165, 1.54) is 43.3 Å². The van der Waals surface area contributed by atoms with Crippen LogP contribution in [0, 0.1) is 13.8 Å². The second kappa shape index (κ2) is 13.2. The number of carboxylic acid groups (broad SMARTS) is 3. The number of fused-ring (bicyclic) bond motifs is 1. The molecule has 1 saturated heterocycles. The van der Waals surface area contributed by atoms with Gasteiger partial charge < -0.3 is 35.2 Å². The van der Waals surface area contributed by atoms with E-state index in [9.17, 15) is 19.2 Å². The lowest BCUT2D eigenvalue weighted by Crippen LogP contribution is -2.42. The molecule has 1 fully saturated rings. The molecule has 1 aromatic heterocycles. The number of aliphatic carboxylic acids is 3. The van der Waals surface area contributed by atoms with Gasteiger partial charge in [0.25, 0.3) is 0 Å². The molecule has 3 rings (SSSR count). The quantitative estimate of drug-likeness (QED) is 0.315. The van der Waals surface area contributed by atoms with Gasteiger partial charge in [-0.25, -0.2) is 4.79 Å². The largest absolute Gasteiger partial charge is 0.481 e. The van der Waals surface area contributed by atoms with Gasteiger partial charge in [0.2, 0.25) is 5.91 Å². The van der Waals surface area contributed by atoms with Crippen LogP contribution < -0.4 is 0 Å². The second-order valence-corrected chi connectivity index (χ2v) is 9.65. The number of nitrogens with zero attached hydrogens (tertiary/aromatic N) is 2. The van der Waals surface area contributed by atoms with Crippen LogP contribution >= 0.6 is 0 Å².